The minimum atomic E-state index is -3.22. The lowest BCUT2D eigenvalue weighted by Gasteiger charge is -2.28. The molecule has 0 N–H and O–H groups in total. The van der Waals surface area contributed by atoms with Crippen molar-refractivity contribution in [2.24, 2.45) is 0 Å². The van der Waals surface area contributed by atoms with E-state index in [9.17, 15) is 17.6 Å². The first-order chi connectivity index (χ1) is 9.71. The van der Waals surface area contributed by atoms with Crippen LogP contribution in [0.2, 0.25) is 5.02 Å². The zero-order chi connectivity index (χ0) is 16.2. The monoisotopic (exact) mass is 335 g/mol. The molecule has 1 aromatic rings. The van der Waals surface area contributed by atoms with Crippen LogP contribution < -0.4 is 0 Å². The Morgan fingerprint density at radius 1 is 1.38 bits per heavy atom. The summed E-state index contributed by atoms with van der Waals surface area (Å²) < 4.78 is 37.1. The molecule has 0 saturated carbocycles. The van der Waals surface area contributed by atoms with Crippen LogP contribution in [0.4, 0.5) is 4.39 Å². The maximum absolute atomic E-state index is 13.8. The van der Waals surface area contributed by atoms with Gasteiger partial charge < -0.3 is 4.90 Å². The number of sulfone groups is 1. The summed E-state index contributed by atoms with van der Waals surface area (Å²) in [5.41, 5.74) is -0.148. The van der Waals surface area contributed by atoms with Crippen molar-refractivity contribution in [3.8, 4) is 0 Å². The number of carbonyl (C=O) groups excluding carboxylic acids is 1. The van der Waals surface area contributed by atoms with E-state index in [4.69, 9.17) is 11.6 Å². The van der Waals surface area contributed by atoms with Crippen molar-refractivity contribution >= 4 is 27.3 Å². The number of hydrogen-bond acceptors (Lipinski definition) is 3. The summed E-state index contributed by atoms with van der Waals surface area (Å²) in [4.78, 5) is 13.7. The molecule has 1 aromatic carbocycles. The third kappa shape index (κ3) is 4.68. The zero-order valence-corrected chi connectivity index (χ0v) is 13.8. The van der Waals surface area contributed by atoms with Crippen LogP contribution in [0.15, 0.2) is 18.2 Å². The van der Waals surface area contributed by atoms with E-state index in [0.29, 0.717) is 0 Å². The molecule has 1 amide bonds. The van der Waals surface area contributed by atoms with Crippen molar-refractivity contribution in [2.45, 2.75) is 26.8 Å². The molecular weight excluding hydrogens is 317 g/mol. The highest BCUT2D eigenvalue weighted by Gasteiger charge is 2.26. The average molecular weight is 336 g/mol. The van der Waals surface area contributed by atoms with E-state index in [1.54, 1.807) is 20.8 Å². The molecule has 0 aliphatic carbocycles. The quantitative estimate of drug-likeness (QED) is 0.803. The van der Waals surface area contributed by atoms with Gasteiger partial charge in [0.2, 0.25) is 0 Å². The second-order valence-electron chi connectivity index (χ2n) is 4.76. The van der Waals surface area contributed by atoms with Crippen molar-refractivity contribution in [3.63, 3.8) is 0 Å². The molecule has 21 heavy (non-hydrogen) atoms. The number of hydrogen-bond donors (Lipinski definition) is 0. The van der Waals surface area contributed by atoms with Crippen LogP contribution >= 0.6 is 11.6 Å². The Morgan fingerprint density at radius 3 is 2.52 bits per heavy atom. The van der Waals surface area contributed by atoms with Crippen LogP contribution in [-0.4, -0.2) is 43.3 Å². The topological polar surface area (TPSA) is 54.5 Å². The molecule has 0 saturated heterocycles. The molecule has 0 radical (unpaired) electrons. The van der Waals surface area contributed by atoms with Gasteiger partial charge in [-0.05, 0) is 32.0 Å². The second-order valence-corrected chi connectivity index (χ2v) is 7.60. The first-order valence-corrected chi connectivity index (χ1v) is 8.88. The van der Waals surface area contributed by atoms with Crippen LogP contribution in [0.25, 0.3) is 0 Å². The van der Waals surface area contributed by atoms with Crippen LogP contribution in [0.3, 0.4) is 0 Å². The number of rotatable bonds is 6. The number of nitrogens with zero attached hydrogens (tertiary/aromatic N) is 1. The van der Waals surface area contributed by atoms with Crippen molar-refractivity contribution in [1.82, 2.24) is 4.90 Å². The van der Waals surface area contributed by atoms with Gasteiger partial charge in [-0.3, -0.25) is 4.79 Å². The molecule has 118 valence electrons. The van der Waals surface area contributed by atoms with Crippen molar-refractivity contribution in [3.05, 3.63) is 34.6 Å². The van der Waals surface area contributed by atoms with E-state index in [2.05, 4.69) is 0 Å². The minimum Gasteiger partial charge on any atom is -0.335 e. The predicted octanol–water partition coefficient (Wildman–Crippen LogP) is 2.76. The molecule has 4 nitrogen and oxygen atoms in total. The molecule has 0 bridgehead atoms. The van der Waals surface area contributed by atoms with Gasteiger partial charge in [-0.25, -0.2) is 12.8 Å². The van der Waals surface area contributed by atoms with E-state index in [1.165, 1.54) is 17.0 Å². The molecule has 1 atom stereocenters. The summed E-state index contributed by atoms with van der Waals surface area (Å²) in [5, 5.41) is 0.254. The molecule has 0 spiro atoms. The van der Waals surface area contributed by atoms with Crippen molar-refractivity contribution < 1.29 is 17.6 Å². The number of halogens is 2. The van der Waals surface area contributed by atoms with E-state index in [0.717, 1.165) is 6.07 Å². The molecule has 0 unspecified atom stereocenters. The van der Waals surface area contributed by atoms with Crippen molar-refractivity contribution in [2.75, 3.05) is 18.1 Å². The Labute approximate surface area is 129 Å². The Bertz CT molecular complexity index is 619. The van der Waals surface area contributed by atoms with Gasteiger partial charge >= 0.3 is 0 Å². The third-order valence-corrected chi connectivity index (χ3v) is 5.33. The van der Waals surface area contributed by atoms with Gasteiger partial charge in [0.25, 0.3) is 5.91 Å². The predicted molar refractivity (Wildman–Crippen MR) is 81.9 cm³/mol. The molecule has 0 aliphatic rings. The lowest BCUT2D eigenvalue weighted by molar-refractivity contribution is 0.0714. The molecule has 0 heterocycles. The normalized spacial score (nSPS) is 13.0. The summed E-state index contributed by atoms with van der Waals surface area (Å²) in [7, 11) is -3.22. The van der Waals surface area contributed by atoms with E-state index in [-0.39, 0.29) is 28.6 Å². The van der Waals surface area contributed by atoms with E-state index in [1.807, 2.05) is 0 Å². The lowest BCUT2D eigenvalue weighted by Crippen LogP contribution is -2.42. The Morgan fingerprint density at radius 2 is 2.00 bits per heavy atom. The van der Waals surface area contributed by atoms with E-state index >= 15 is 0 Å². The highest BCUT2D eigenvalue weighted by molar-refractivity contribution is 7.91. The largest absolute Gasteiger partial charge is 0.335 e. The molecule has 0 aliphatic heterocycles. The lowest BCUT2D eigenvalue weighted by atomic mass is 10.1. The fraction of sp³-hybridized carbons (Fsp3) is 0.500. The second kappa shape index (κ2) is 7.22. The average Bonchev–Trinajstić information content (AvgIpc) is 2.41. The Kier molecular flexibility index (Phi) is 6.16. The highest BCUT2D eigenvalue weighted by Crippen LogP contribution is 2.18. The Balaban J connectivity index is 3.04. The van der Waals surface area contributed by atoms with Gasteiger partial charge in [0, 0.05) is 23.4 Å². The maximum Gasteiger partial charge on any atom is 0.257 e. The maximum atomic E-state index is 13.8. The molecular formula is C14H19ClFNO3S. The molecule has 0 aromatic heterocycles. The summed E-state index contributed by atoms with van der Waals surface area (Å²) in [5.74, 6) is -1.37. The zero-order valence-electron chi connectivity index (χ0n) is 12.3. The third-order valence-electron chi connectivity index (χ3n) is 3.23. The van der Waals surface area contributed by atoms with Crippen LogP contribution in [-0.2, 0) is 9.84 Å². The fourth-order valence-electron chi connectivity index (χ4n) is 2.05. The number of benzene rings is 1. The van der Waals surface area contributed by atoms with E-state index < -0.39 is 27.6 Å². The molecule has 1 rings (SSSR count). The van der Waals surface area contributed by atoms with Gasteiger partial charge in [0.1, 0.15) is 5.82 Å². The first kappa shape index (κ1) is 17.9. The first-order valence-electron chi connectivity index (χ1n) is 6.68. The fourth-order valence-corrected chi connectivity index (χ4v) is 3.37. The summed E-state index contributed by atoms with van der Waals surface area (Å²) in [6.45, 7) is 5.19. The number of amides is 1. The van der Waals surface area contributed by atoms with Gasteiger partial charge in [0.15, 0.2) is 9.84 Å². The van der Waals surface area contributed by atoms with Gasteiger partial charge in [-0.15, -0.1) is 0 Å². The molecule has 7 heteroatoms. The smallest absolute Gasteiger partial charge is 0.257 e. The molecule has 0 fully saturated rings. The highest BCUT2D eigenvalue weighted by atomic mass is 35.5. The Hall–Kier alpha value is -1.14. The minimum absolute atomic E-state index is 0.00854. The van der Waals surface area contributed by atoms with Crippen LogP contribution in [0.1, 0.15) is 31.1 Å². The number of carbonyl (C=O) groups is 1. The van der Waals surface area contributed by atoms with Crippen molar-refractivity contribution in [1.29, 1.82) is 0 Å². The van der Waals surface area contributed by atoms with Crippen LogP contribution in [0, 0.1) is 5.82 Å². The van der Waals surface area contributed by atoms with Gasteiger partial charge in [-0.1, -0.05) is 18.5 Å². The summed E-state index contributed by atoms with van der Waals surface area (Å²) in [6.07, 6.45) is 0. The standard InChI is InChI=1S/C14H19ClFNO3S/c1-4-17(10(3)9-21(19,20)5-2)14(18)12-8-11(15)6-7-13(12)16/h6-8,10H,4-5,9H2,1-3H3/t10-/m1/s1. The summed E-state index contributed by atoms with van der Waals surface area (Å²) >= 11 is 5.78. The van der Waals surface area contributed by atoms with Crippen LogP contribution in [0.5, 0.6) is 0 Å². The van der Waals surface area contributed by atoms with Gasteiger partial charge in [0.05, 0.1) is 11.3 Å². The summed E-state index contributed by atoms with van der Waals surface area (Å²) in [6, 6.07) is 3.19. The van der Waals surface area contributed by atoms with Gasteiger partial charge in [-0.2, -0.15) is 0 Å². The SMILES string of the molecule is CCN(C(=O)c1cc(Cl)ccc1F)[C@H](C)CS(=O)(=O)CC.